The van der Waals surface area contributed by atoms with Gasteiger partial charge in [0.05, 0.1) is 0 Å². The van der Waals surface area contributed by atoms with Crippen LogP contribution in [0.5, 0.6) is 5.75 Å². The summed E-state index contributed by atoms with van der Waals surface area (Å²) < 4.78 is 41.8. The van der Waals surface area contributed by atoms with Gasteiger partial charge in [-0.15, -0.1) is 4.99 Å². The fourth-order valence-corrected chi connectivity index (χ4v) is 0.971. The second-order valence-electron chi connectivity index (χ2n) is 2.68. The van der Waals surface area contributed by atoms with E-state index >= 15 is 0 Å². The van der Waals surface area contributed by atoms with E-state index in [9.17, 15) is 18.0 Å². The van der Waals surface area contributed by atoms with Crippen molar-refractivity contribution in [3.63, 3.8) is 0 Å². The zero-order valence-corrected chi connectivity index (χ0v) is 8.42. The van der Waals surface area contributed by atoms with Crippen LogP contribution in [-0.2, 0) is 4.79 Å². The fraction of sp³-hybridized carbons (Fsp3) is 0.222. The quantitative estimate of drug-likeness (QED) is 0.359. The van der Waals surface area contributed by atoms with Crippen LogP contribution in [0.4, 0.5) is 13.2 Å². The third kappa shape index (κ3) is 2.74. The molecule has 0 aliphatic heterocycles. The molecule has 0 bridgehead atoms. The number of nitrogens with zero attached hydrogens (tertiary/aromatic N) is 1. The molecule has 0 radical (unpaired) electrons. The number of halogens is 4. The molecule has 0 aliphatic rings. The van der Waals surface area contributed by atoms with Crippen LogP contribution in [-0.4, -0.2) is 17.4 Å². The molecule has 1 unspecified atom stereocenters. The molecule has 0 aromatic heterocycles. The number of para-hydroxylation sites is 1. The van der Waals surface area contributed by atoms with Crippen molar-refractivity contribution in [2.24, 2.45) is 4.99 Å². The highest BCUT2D eigenvalue weighted by atomic mass is 35.5. The van der Waals surface area contributed by atoms with E-state index in [2.05, 4.69) is 9.73 Å². The summed E-state index contributed by atoms with van der Waals surface area (Å²) in [5.41, 5.74) is 0. The van der Waals surface area contributed by atoms with Crippen LogP contribution in [0.3, 0.4) is 0 Å². The molecule has 86 valence electrons. The van der Waals surface area contributed by atoms with E-state index < -0.39 is 11.4 Å². The molecule has 0 spiro atoms. The largest absolute Gasteiger partial charge is 0.468 e. The normalized spacial score (nSPS) is 14.8. The summed E-state index contributed by atoms with van der Waals surface area (Å²) >= 11 is 5.07. The Labute approximate surface area is 93.5 Å². The van der Waals surface area contributed by atoms with Crippen LogP contribution in [0.25, 0.3) is 0 Å². The van der Waals surface area contributed by atoms with Crippen LogP contribution in [0, 0.1) is 0 Å². The van der Waals surface area contributed by atoms with Crippen molar-refractivity contribution >= 4 is 17.7 Å². The van der Waals surface area contributed by atoms with E-state index in [-0.39, 0.29) is 5.75 Å². The Hall–Kier alpha value is -1.52. The van der Waals surface area contributed by atoms with Gasteiger partial charge in [-0.25, -0.2) is 4.79 Å². The molecule has 1 aromatic carbocycles. The van der Waals surface area contributed by atoms with Crippen LogP contribution < -0.4 is 4.74 Å². The molecule has 0 heterocycles. The molecule has 0 fully saturated rings. The topological polar surface area (TPSA) is 38.7 Å². The number of hydrogen-bond donors (Lipinski definition) is 0. The SMILES string of the molecule is O=C=NC(Cl)(Oc1ccccc1)C(F)(F)F. The fourth-order valence-electron chi connectivity index (χ4n) is 0.847. The van der Waals surface area contributed by atoms with Crippen LogP contribution in [0.15, 0.2) is 35.3 Å². The van der Waals surface area contributed by atoms with Gasteiger partial charge < -0.3 is 4.74 Å². The zero-order chi connectivity index (χ0) is 12.2. The number of alkyl halides is 4. The monoisotopic (exact) mass is 251 g/mol. The van der Waals surface area contributed by atoms with Crippen molar-refractivity contribution < 1.29 is 22.7 Å². The lowest BCUT2D eigenvalue weighted by atomic mass is 10.3. The number of benzene rings is 1. The maximum atomic E-state index is 12.4. The molecule has 7 heteroatoms. The summed E-state index contributed by atoms with van der Waals surface area (Å²) in [5, 5.41) is -3.43. The first-order valence-corrected chi connectivity index (χ1v) is 4.35. The van der Waals surface area contributed by atoms with Gasteiger partial charge in [-0.3, -0.25) is 0 Å². The van der Waals surface area contributed by atoms with Gasteiger partial charge in [-0.05, 0) is 23.7 Å². The second kappa shape index (κ2) is 4.55. The molecule has 3 nitrogen and oxygen atoms in total. The Balaban J connectivity index is 3.02. The van der Waals surface area contributed by atoms with Crippen LogP contribution in [0.2, 0.25) is 0 Å². The molecule has 0 N–H and O–H groups in total. The maximum Gasteiger partial charge on any atom is 0.468 e. The van der Waals surface area contributed by atoms with Gasteiger partial charge in [-0.2, -0.15) is 13.2 Å². The Morgan fingerprint density at radius 3 is 2.25 bits per heavy atom. The van der Waals surface area contributed by atoms with Crippen molar-refractivity contribution in [2.75, 3.05) is 0 Å². The van der Waals surface area contributed by atoms with Crippen molar-refractivity contribution in [3.8, 4) is 5.75 Å². The first kappa shape index (κ1) is 12.5. The van der Waals surface area contributed by atoms with Gasteiger partial charge in [0.15, 0.2) is 0 Å². The van der Waals surface area contributed by atoms with Gasteiger partial charge in [0.25, 0.3) is 0 Å². The van der Waals surface area contributed by atoms with Crippen molar-refractivity contribution in [2.45, 2.75) is 11.4 Å². The number of ether oxygens (including phenoxy) is 1. The van der Waals surface area contributed by atoms with Gasteiger partial charge in [0.1, 0.15) is 5.75 Å². The predicted molar refractivity (Wildman–Crippen MR) is 49.8 cm³/mol. The lowest BCUT2D eigenvalue weighted by Crippen LogP contribution is -2.43. The standard InChI is InChI=1S/C9H5ClF3NO2/c10-8(14-6-15,9(11,12)13)16-7-4-2-1-3-5-7/h1-5H. The highest BCUT2D eigenvalue weighted by Crippen LogP contribution is 2.38. The number of isocyanates is 1. The molecule has 1 atom stereocenters. The summed E-state index contributed by atoms with van der Waals surface area (Å²) in [5.74, 6) is -0.158. The van der Waals surface area contributed by atoms with Crippen molar-refractivity contribution in [3.05, 3.63) is 30.3 Å². The molecule has 0 saturated carbocycles. The van der Waals surface area contributed by atoms with E-state index in [0.717, 1.165) is 6.08 Å². The number of hydrogen-bond acceptors (Lipinski definition) is 3. The van der Waals surface area contributed by atoms with Gasteiger partial charge in [0, 0.05) is 0 Å². The van der Waals surface area contributed by atoms with E-state index in [4.69, 9.17) is 11.6 Å². The summed E-state index contributed by atoms with van der Waals surface area (Å²) in [7, 11) is 0. The average Bonchev–Trinajstić information content (AvgIpc) is 2.17. The third-order valence-corrected chi connectivity index (χ3v) is 1.91. The van der Waals surface area contributed by atoms with Crippen LogP contribution >= 0.6 is 11.6 Å². The highest BCUT2D eigenvalue weighted by molar-refractivity contribution is 6.23. The highest BCUT2D eigenvalue weighted by Gasteiger charge is 2.58. The summed E-state index contributed by atoms with van der Waals surface area (Å²) in [4.78, 5) is 12.3. The zero-order valence-electron chi connectivity index (χ0n) is 7.66. The van der Waals surface area contributed by atoms with E-state index in [1.165, 1.54) is 24.3 Å². The molecule has 0 saturated heterocycles. The Morgan fingerprint density at radius 1 is 1.25 bits per heavy atom. The van der Waals surface area contributed by atoms with Crippen molar-refractivity contribution in [1.82, 2.24) is 0 Å². The van der Waals surface area contributed by atoms with Crippen LogP contribution in [0.1, 0.15) is 0 Å². The minimum atomic E-state index is -5.03. The number of carbonyl (C=O) groups excluding carboxylic acids is 1. The van der Waals surface area contributed by atoms with E-state index in [1.54, 1.807) is 6.07 Å². The Bertz CT molecular complexity index is 403. The molecule has 1 aromatic rings. The lowest BCUT2D eigenvalue weighted by Gasteiger charge is -2.24. The first-order valence-electron chi connectivity index (χ1n) is 3.98. The van der Waals surface area contributed by atoms with E-state index in [0.29, 0.717) is 0 Å². The molecular weight excluding hydrogens is 247 g/mol. The molecule has 0 aliphatic carbocycles. The minimum absolute atomic E-state index is 0.158. The summed E-state index contributed by atoms with van der Waals surface area (Å²) in [6, 6.07) is 6.99. The first-order chi connectivity index (χ1) is 7.39. The van der Waals surface area contributed by atoms with Gasteiger partial charge in [0.2, 0.25) is 6.08 Å². The summed E-state index contributed by atoms with van der Waals surface area (Å²) in [6.07, 6.45) is -4.29. The molecule has 16 heavy (non-hydrogen) atoms. The van der Waals surface area contributed by atoms with E-state index in [1.807, 2.05) is 0 Å². The minimum Gasteiger partial charge on any atom is -0.445 e. The molecule has 1 rings (SSSR count). The second-order valence-corrected chi connectivity index (χ2v) is 3.19. The Kier molecular flexibility index (Phi) is 3.57. The summed E-state index contributed by atoms with van der Waals surface area (Å²) in [6.45, 7) is 0. The number of aliphatic imine (C=N–C) groups is 1. The van der Waals surface area contributed by atoms with Gasteiger partial charge in [-0.1, -0.05) is 18.2 Å². The average molecular weight is 252 g/mol. The third-order valence-electron chi connectivity index (χ3n) is 1.54. The lowest BCUT2D eigenvalue weighted by molar-refractivity contribution is -0.211. The predicted octanol–water partition coefficient (Wildman–Crippen LogP) is 2.86. The molecule has 0 amide bonds. The smallest absolute Gasteiger partial charge is 0.445 e. The maximum absolute atomic E-state index is 12.4. The van der Waals surface area contributed by atoms with Crippen molar-refractivity contribution in [1.29, 1.82) is 0 Å². The Morgan fingerprint density at radius 2 is 1.81 bits per heavy atom. The molecular formula is C9H5ClF3NO2. The number of rotatable bonds is 3. The van der Waals surface area contributed by atoms with Gasteiger partial charge >= 0.3 is 11.4 Å².